The largest absolute Gasteiger partial charge is 0.353 e. The van der Waals surface area contributed by atoms with E-state index in [9.17, 15) is 14.9 Å². The summed E-state index contributed by atoms with van der Waals surface area (Å²) < 4.78 is 0. The van der Waals surface area contributed by atoms with Gasteiger partial charge in [0.25, 0.3) is 0 Å². The van der Waals surface area contributed by atoms with Crippen molar-refractivity contribution in [1.29, 1.82) is 5.26 Å². The van der Waals surface area contributed by atoms with Gasteiger partial charge in [-0.25, -0.2) is 0 Å². The second-order valence-corrected chi connectivity index (χ2v) is 11.1. The molecule has 0 bridgehead atoms. The fraction of sp³-hybridized carbons (Fsp3) is 0.720. The third-order valence-electron chi connectivity index (χ3n) is 7.36. The Morgan fingerprint density at radius 3 is 2.75 bits per heavy atom. The van der Waals surface area contributed by atoms with Crippen molar-refractivity contribution in [2.24, 2.45) is 11.8 Å². The van der Waals surface area contributed by atoms with E-state index in [1.165, 1.54) is 24.1 Å². The van der Waals surface area contributed by atoms with Crippen LogP contribution >= 0.6 is 11.3 Å². The number of nitrogens with zero attached hydrogens (tertiary/aromatic N) is 2. The molecule has 1 aromatic rings. The van der Waals surface area contributed by atoms with Gasteiger partial charge < -0.3 is 15.5 Å². The van der Waals surface area contributed by atoms with E-state index in [2.05, 4.69) is 28.5 Å². The van der Waals surface area contributed by atoms with Crippen molar-refractivity contribution in [1.82, 2.24) is 10.2 Å². The molecule has 0 aromatic carbocycles. The SMILES string of the molecule is CC1CCc2c(sc(NC(=O)CCN3CCCC(C(=O)NC4CCCCC4)C3)c2C#N)C1. The lowest BCUT2D eigenvalue weighted by Gasteiger charge is -2.33. The molecule has 32 heavy (non-hydrogen) atoms. The number of nitriles is 1. The van der Waals surface area contributed by atoms with Crippen molar-refractivity contribution in [2.45, 2.75) is 83.6 Å². The highest BCUT2D eigenvalue weighted by Gasteiger charge is 2.28. The highest BCUT2D eigenvalue weighted by molar-refractivity contribution is 7.16. The van der Waals surface area contributed by atoms with Gasteiger partial charge in [-0.05, 0) is 63.0 Å². The van der Waals surface area contributed by atoms with Gasteiger partial charge in [-0.3, -0.25) is 9.59 Å². The number of fused-ring (bicyclic) bond motifs is 1. The average molecular weight is 457 g/mol. The molecule has 0 radical (unpaired) electrons. The Morgan fingerprint density at radius 2 is 1.97 bits per heavy atom. The summed E-state index contributed by atoms with van der Waals surface area (Å²) in [6.45, 7) is 4.58. The summed E-state index contributed by atoms with van der Waals surface area (Å²) in [6.07, 6.45) is 11.3. The third kappa shape index (κ3) is 5.71. The van der Waals surface area contributed by atoms with E-state index < -0.39 is 0 Å². The van der Waals surface area contributed by atoms with Crippen LogP contribution in [0.5, 0.6) is 0 Å². The highest BCUT2D eigenvalue weighted by Crippen LogP contribution is 2.39. The van der Waals surface area contributed by atoms with E-state index in [1.807, 2.05) is 0 Å². The van der Waals surface area contributed by atoms with E-state index in [1.54, 1.807) is 11.3 Å². The molecule has 2 aliphatic carbocycles. The summed E-state index contributed by atoms with van der Waals surface area (Å²) in [7, 11) is 0. The van der Waals surface area contributed by atoms with Crippen LogP contribution in [0, 0.1) is 23.2 Å². The minimum atomic E-state index is -0.0399. The molecule has 6 nitrogen and oxygen atoms in total. The Bertz CT molecular complexity index is 868. The number of carbonyl (C=O) groups is 2. The minimum Gasteiger partial charge on any atom is -0.353 e. The van der Waals surface area contributed by atoms with Crippen molar-refractivity contribution in [3.8, 4) is 6.07 Å². The topological polar surface area (TPSA) is 85.2 Å². The normalized spacial score (nSPS) is 24.4. The molecule has 0 spiro atoms. The van der Waals surface area contributed by atoms with Crippen LogP contribution < -0.4 is 10.6 Å². The van der Waals surface area contributed by atoms with E-state index in [4.69, 9.17) is 0 Å². The number of carbonyl (C=O) groups excluding carboxylic acids is 2. The Kier molecular flexibility index (Phi) is 7.85. The quantitative estimate of drug-likeness (QED) is 0.671. The smallest absolute Gasteiger partial charge is 0.226 e. The molecular formula is C25H36N4O2S. The molecule has 2 unspecified atom stereocenters. The number of amides is 2. The van der Waals surface area contributed by atoms with Gasteiger partial charge in [0.05, 0.1) is 11.5 Å². The number of likely N-dealkylation sites (tertiary alicyclic amines) is 1. The highest BCUT2D eigenvalue weighted by atomic mass is 32.1. The maximum absolute atomic E-state index is 12.7. The van der Waals surface area contributed by atoms with Crippen molar-refractivity contribution < 1.29 is 9.59 Å². The molecule has 1 saturated heterocycles. The van der Waals surface area contributed by atoms with Gasteiger partial charge in [-0.2, -0.15) is 5.26 Å². The van der Waals surface area contributed by atoms with Crippen LogP contribution in [0.2, 0.25) is 0 Å². The number of thiophene rings is 1. The molecule has 2 atom stereocenters. The maximum Gasteiger partial charge on any atom is 0.226 e. The van der Waals surface area contributed by atoms with Crippen molar-refractivity contribution in [2.75, 3.05) is 25.0 Å². The Morgan fingerprint density at radius 1 is 1.16 bits per heavy atom. The van der Waals surface area contributed by atoms with Crippen LogP contribution in [0.3, 0.4) is 0 Å². The molecule has 1 aromatic heterocycles. The van der Waals surface area contributed by atoms with Gasteiger partial charge in [0.1, 0.15) is 11.1 Å². The summed E-state index contributed by atoms with van der Waals surface area (Å²) in [5, 5.41) is 16.6. The predicted octanol–water partition coefficient (Wildman–Crippen LogP) is 4.23. The van der Waals surface area contributed by atoms with Crippen molar-refractivity contribution >= 4 is 28.2 Å². The molecular weight excluding hydrogens is 420 g/mol. The molecule has 2 heterocycles. The van der Waals surface area contributed by atoms with Gasteiger partial charge in [-0.1, -0.05) is 26.2 Å². The molecule has 1 aliphatic heterocycles. The number of hydrogen-bond acceptors (Lipinski definition) is 5. The van der Waals surface area contributed by atoms with Crippen LogP contribution in [-0.4, -0.2) is 42.4 Å². The molecule has 2 fully saturated rings. The Balaban J connectivity index is 1.26. The standard InChI is InChI=1S/C25H36N4O2S/c1-17-9-10-20-21(15-26)25(32-22(20)14-17)28-23(30)11-13-29-12-5-6-18(16-29)24(31)27-19-7-3-2-4-8-19/h17-19H,2-14,16H2,1H3,(H,27,31)(H,28,30). The zero-order chi connectivity index (χ0) is 22.5. The first-order chi connectivity index (χ1) is 15.5. The summed E-state index contributed by atoms with van der Waals surface area (Å²) in [5.74, 6) is 0.827. The molecule has 174 valence electrons. The Labute approximate surface area is 195 Å². The number of hydrogen-bond donors (Lipinski definition) is 2. The van der Waals surface area contributed by atoms with Crippen LogP contribution in [0.15, 0.2) is 0 Å². The summed E-state index contributed by atoms with van der Waals surface area (Å²) >= 11 is 1.58. The summed E-state index contributed by atoms with van der Waals surface area (Å²) in [5.41, 5.74) is 1.82. The van der Waals surface area contributed by atoms with E-state index in [-0.39, 0.29) is 17.7 Å². The molecule has 1 saturated carbocycles. The van der Waals surface area contributed by atoms with Gasteiger partial charge in [0.2, 0.25) is 11.8 Å². The molecule has 2 amide bonds. The lowest BCUT2D eigenvalue weighted by Crippen LogP contribution is -2.46. The zero-order valence-electron chi connectivity index (χ0n) is 19.3. The minimum absolute atomic E-state index is 0.0324. The number of anilines is 1. The number of piperidine rings is 1. The Hall–Kier alpha value is -1.91. The number of rotatable bonds is 6. The fourth-order valence-corrected chi connectivity index (χ4v) is 6.82. The second-order valence-electron chi connectivity index (χ2n) is 9.95. The lowest BCUT2D eigenvalue weighted by molar-refractivity contribution is -0.127. The van der Waals surface area contributed by atoms with Gasteiger partial charge in [0.15, 0.2) is 0 Å². The van der Waals surface area contributed by atoms with Crippen molar-refractivity contribution in [3.63, 3.8) is 0 Å². The maximum atomic E-state index is 12.7. The first-order valence-corrected chi connectivity index (χ1v) is 13.2. The van der Waals surface area contributed by atoms with Gasteiger partial charge in [0, 0.05) is 30.4 Å². The molecule has 4 rings (SSSR count). The second kappa shape index (κ2) is 10.8. The van der Waals surface area contributed by atoms with Crippen molar-refractivity contribution in [3.05, 3.63) is 16.0 Å². The summed E-state index contributed by atoms with van der Waals surface area (Å²) in [4.78, 5) is 28.9. The average Bonchev–Trinajstić information content (AvgIpc) is 3.14. The van der Waals surface area contributed by atoms with Crippen LogP contribution in [0.4, 0.5) is 5.00 Å². The van der Waals surface area contributed by atoms with Crippen LogP contribution in [-0.2, 0) is 22.4 Å². The van der Waals surface area contributed by atoms with E-state index >= 15 is 0 Å². The van der Waals surface area contributed by atoms with Crippen LogP contribution in [0.1, 0.15) is 80.7 Å². The molecule has 2 N–H and O–H groups in total. The fourth-order valence-electron chi connectivity index (χ4n) is 5.44. The van der Waals surface area contributed by atoms with E-state index in [0.717, 1.165) is 68.6 Å². The molecule has 3 aliphatic rings. The number of nitrogens with one attached hydrogen (secondary N) is 2. The summed E-state index contributed by atoms with van der Waals surface area (Å²) in [6, 6.07) is 2.67. The monoisotopic (exact) mass is 456 g/mol. The predicted molar refractivity (Wildman–Crippen MR) is 128 cm³/mol. The lowest BCUT2D eigenvalue weighted by atomic mass is 9.89. The molecule has 7 heteroatoms. The zero-order valence-corrected chi connectivity index (χ0v) is 20.1. The van der Waals surface area contributed by atoms with E-state index in [0.29, 0.717) is 30.5 Å². The first kappa shape index (κ1) is 23.3. The van der Waals surface area contributed by atoms with Gasteiger partial charge >= 0.3 is 0 Å². The van der Waals surface area contributed by atoms with Crippen LogP contribution in [0.25, 0.3) is 0 Å². The third-order valence-corrected chi connectivity index (χ3v) is 8.53. The first-order valence-electron chi connectivity index (χ1n) is 12.4. The van der Waals surface area contributed by atoms with Gasteiger partial charge in [-0.15, -0.1) is 11.3 Å².